The van der Waals surface area contributed by atoms with Crippen molar-refractivity contribution in [2.75, 3.05) is 25.4 Å². The van der Waals surface area contributed by atoms with Crippen LogP contribution in [0.4, 0.5) is 0 Å². The molecule has 0 aromatic heterocycles. The summed E-state index contributed by atoms with van der Waals surface area (Å²) in [6.45, 7) is 15.8. The molecule has 0 bridgehead atoms. The summed E-state index contributed by atoms with van der Waals surface area (Å²) < 4.78 is 13.1. The Bertz CT molecular complexity index is 1180. The molecule has 1 aliphatic carbocycles. The number of carbonyl (C=O) groups excluding carboxylic acids is 2. The minimum absolute atomic E-state index is 0.0162. The van der Waals surface area contributed by atoms with E-state index in [1.54, 1.807) is 6.08 Å². The van der Waals surface area contributed by atoms with Crippen LogP contribution in [0.1, 0.15) is 104 Å². The van der Waals surface area contributed by atoms with Crippen LogP contribution in [0.2, 0.25) is 5.02 Å². The summed E-state index contributed by atoms with van der Waals surface area (Å²) in [4.78, 5) is 29.2. The standard InChI is InChI=1S/C35H52ClN3O3S.C3H8/c1-5-10-29(24-37)28(6-2)15-18-33(40)38-32(23-27-13-16-31(36)17-14-27)34(41)39-21-19-35(20-22-39,25-43(42)26(3)4)30-11-8-7-9-12-30;1-3-2/h5-6,10,13-14,16-17,26,30,32H,2,7-9,11-12,15,18-25,37H2,1,3-4H3,(H,38,40);3H2,1-2H3/b10-5-,29-28-;. The lowest BCUT2D eigenvalue weighted by Crippen LogP contribution is -2.55. The van der Waals surface area contributed by atoms with Gasteiger partial charge in [0.1, 0.15) is 6.04 Å². The summed E-state index contributed by atoms with van der Waals surface area (Å²) in [7, 11) is -0.884. The number of nitrogens with zero attached hydrogens (tertiary/aromatic N) is 1. The van der Waals surface area contributed by atoms with Crippen molar-refractivity contribution in [2.45, 2.75) is 117 Å². The Balaban J connectivity index is 0.00000236. The van der Waals surface area contributed by atoms with Crippen molar-refractivity contribution in [1.29, 1.82) is 0 Å². The molecule has 46 heavy (non-hydrogen) atoms. The Hall–Kier alpha value is -2.22. The summed E-state index contributed by atoms with van der Waals surface area (Å²) in [6, 6.07) is 6.75. The molecular weight excluding hydrogens is 614 g/mol. The van der Waals surface area contributed by atoms with Gasteiger partial charge in [-0.2, -0.15) is 0 Å². The Morgan fingerprint density at radius 1 is 1.09 bits per heavy atom. The van der Waals surface area contributed by atoms with E-state index in [0.29, 0.717) is 43.4 Å². The van der Waals surface area contributed by atoms with Crippen LogP contribution in [0.5, 0.6) is 0 Å². The molecule has 0 spiro atoms. The minimum atomic E-state index is -0.884. The molecule has 0 radical (unpaired) electrons. The predicted molar refractivity (Wildman–Crippen MR) is 196 cm³/mol. The Morgan fingerprint density at radius 3 is 2.22 bits per heavy atom. The molecule has 3 rings (SSSR count). The quantitative estimate of drug-likeness (QED) is 0.196. The van der Waals surface area contributed by atoms with Gasteiger partial charge in [-0.05, 0) is 79.2 Å². The molecule has 1 aromatic carbocycles. The molecule has 2 amide bonds. The van der Waals surface area contributed by atoms with Crippen molar-refractivity contribution in [3.05, 3.63) is 70.8 Å². The van der Waals surface area contributed by atoms with E-state index in [0.717, 1.165) is 35.3 Å². The second-order valence-electron chi connectivity index (χ2n) is 13.2. The van der Waals surface area contributed by atoms with Gasteiger partial charge in [-0.3, -0.25) is 13.8 Å². The van der Waals surface area contributed by atoms with E-state index in [4.69, 9.17) is 17.3 Å². The highest BCUT2D eigenvalue weighted by molar-refractivity contribution is 7.85. The van der Waals surface area contributed by atoms with Crippen molar-refractivity contribution in [3.8, 4) is 0 Å². The molecule has 2 unspecified atom stereocenters. The Morgan fingerprint density at radius 2 is 1.70 bits per heavy atom. The molecule has 1 saturated heterocycles. The molecule has 1 aliphatic heterocycles. The van der Waals surface area contributed by atoms with Gasteiger partial charge in [-0.1, -0.05) is 102 Å². The zero-order valence-corrected chi connectivity index (χ0v) is 30.7. The monoisotopic (exact) mass is 673 g/mol. The average Bonchev–Trinajstić information content (AvgIpc) is 3.05. The number of likely N-dealkylation sites (tertiary alicyclic amines) is 1. The number of piperidine rings is 1. The van der Waals surface area contributed by atoms with Crippen molar-refractivity contribution in [3.63, 3.8) is 0 Å². The summed E-state index contributed by atoms with van der Waals surface area (Å²) in [5.41, 5.74) is 8.76. The van der Waals surface area contributed by atoms with Crippen LogP contribution >= 0.6 is 11.6 Å². The zero-order chi connectivity index (χ0) is 34.1. The first-order valence-corrected chi connectivity index (χ1v) is 19.2. The van der Waals surface area contributed by atoms with Crippen LogP contribution in [0.15, 0.2) is 60.2 Å². The van der Waals surface area contributed by atoms with E-state index in [2.05, 4.69) is 25.7 Å². The number of allylic oxidation sites excluding steroid dienone is 3. The van der Waals surface area contributed by atoms with E-state index in [9.17, 15) is 13.8 Å². The summed E-state index contributed by atoms with van der Waals surface area (Å²) in [6.07, 6.45) is 15.9. The maximum atomic E-state index is 14.0. The van der Waals surface area contributed by atoms with Gasteiger partial charge in [0, 0.05) is 59.3 Å². The van der Waals surface area contributed by atoms with Crippen LogP contribution in [0.3, 0.4) is 0 Å². The first kappa shape index (κ1) is 40.0. The van der Waals surface area contributed by atoms with Gasteiger partial charge in [0.25, 0.3) is 0 Å². The van der Waals surface area contributed by atoms with Crippen molar-refractivity contribution in [1.82, 2.24) is 10.2 Å². The predicted octanol–water partition coefficient (Wildman–Crippen LogP) is 7.93. The van der Waals surface area contributed by atoms with Gasteiger partial charge in [0.05, 0.1) is 0 Å². The van der Waals surface area contributed by atoms with Crippen molar-refractivity contribution in [2.24, 2.45) is 17.1 Å². The lowest BCUT2D eigenvalue weighted by molar-refractivity contribution is -0.139. The van der Waals surface area contributed by atoms with Crippen LogP contribution < -0.4 is 11.1 Å². The van der Waals surface area contributed by atoms with E-state index >= 15 is 0 Å². The number of carbonyl (C=O) groups is 2. The number of nitrogens with one attached hydrogen (secondary N) is 1. The van der Waals surface area contributed by atoms with Crippen LogP contribution in [-0.4, -0.2) is 57.6 Å². The molecule has 1 saturated carbocycles. The number of hydrogen-bond donors (Lipinski definition) is 2. The SMILES string of the molecule is C=C/C(CCC(=O)NC(Cc1ccc(Cl)cc1)C(=O)N1CCC(CS(=O)C(C)C)(C2CCCCC2)CC1)=C(\C=C/C)CN.CCC. The number of hydrogen-bond acceptors (Lipinski definition) is 4. The second-order valence-corrected chi connectivity index (χ2v) is 15.6. The molecule has 2 atom stereocenters. The molecule has 1 heterocycles. The number of rotatable bonds is 14. The van der Waals surface area contributed by atoms with E-state index in [1.165, 1.54) is 38.5 Å². The minimum Gasteiger partial charge on any atom is -0.344 e. The van der Waals surface area contributed by atoms with Gasteiger partial charge in [0.15, 0.2) is 0 Å². The fourth-order valence-electron chi connectivity index (χ4n) is 6.70. The number of benzene rings is 1. The van der Waals surface area contributed by atoms with Crippen LogP contribution in [0.25, 0.3) is 0 Å². The van der Waals surface area contributed by atoms with Gasteiger partial charge in [-0.25, -0.2) is 0 Å². The maximum Gasteiger partial charge on any atom is 0.245 e. The van der Waals surface area contributed by atoms with Gasteiger partial charge in [0.2, 0.25) is 11.8 Å². The van der Waals surface area contributed by atoms with E-state index in [1.807, 2.05) is 62.1 Å². The average molecular weight is 674 g/mol. The lowest BCUT2D eigenvalue weighted by atomic mass is 9.65. The molecule has 258 valence electrons. The highest BCUT2D eigenvalue weighted by Crippen LogP contribution is 2.46. The molecule has 2 fully saturated rings. The summed E-state index contributed by atoms with van der Waals surface area (Å²) >= 11 is 6.11. The third kappa shape index (κ3) is 12.4. The third-order valence-corrected chi connectivity index (χ3v) is 11.5. The topological polar surface area (TPSA) is 92.5 Å². The van der Waals surface area contributed by atoms with Gasteiger partial charge >= 0.3 is 0 Å². The first-order chi connectivity index (χ1) is 22.0. The molecule has 6 nitrogen and oxygen atoms in total. The van der Waals surface area contributed by atoms with Crippen molar-refractivity contribution >= 4 is 34.2 Å². The lowest BCUT2D eigenvalue weighted by Gasteiger charge is -2.48. The number of nitrogens with two attached hydrogens (primary N) is 1. The maximum absolute atomic E-state index is 14.0. The largest absolute Gasteiger partial charge is 0.344 e. The van der Waals surface area contributed by atoms with E-state index in [-0.39, 0.29) is 28.9 Å². The summed E-state index contributed by atoms with van der Waals surface area (Å²) in [5.74, 6) is 1.06. The smallest absolute Gasteiger partial charge is 0.245 e. The number of halogens is 1. The molecule has 1 aromatic rings. The zero-order valence-electron chi connectivity index (χ0n) is 29.1. The number of amides is 2. The fourth-order valence-corrected chi connectivity index (χ4v) is 8.25. The van der Waals surface area contributed by atoms with Crippen LogP contribution in [-0.2, 0) is 26.8 Å². The fraction of sp³-hybridized carbons (Fsp3) is 0.632. The van der Waals surface area contributed by atoms with Crippen molar-refractivity contribution < 1.29 is 13.8 Å². The normalized spacial score (nSPS) is 18.7. The highest BCUT2D eigenvalue weighted by Gasteiger charge is 2.44. The van der Waals surface area contributed by atoms with Gasteiger partial charge in [-0.15, -0.1) is 0 Å². The third-order valence-electron chi connectivity index (χ3n) is 9.35. The second kappa shape index (κ2) is 20.9. The highest BCUT2D eigenvalue weighted by atomic mass is 35.5. The van der Waals surface area contributed by atoms with Gasteiger partial charge < -0.3 is 16.0 Å². The summed E-state index contributed by atoms with van der Waals surface area (Å²) in [5, 5.41) is 3.82. The molecular formula is C38H60ClN3O3S. The Labute approximate surface area is 287 Å². The van der Waals surface area contributed by atoms with Crippen LogP contribution in [0, 0.1) is 11.3 Å². The first-order valence-electron chi connectivity index (χ1n) is 17.4. The molecule has 2 aliphatic rings. The Kier molecular flexibility index (Phi) is 18.2. The molecule has 3 N–H and O–H groups in total. The van der Waals surface area contributed by atoms with E-state index < -0.39 is 16.8 Å². The molecule has 8 heteroatoms.